The first-order chi connectivity index (χ1) is 11.5. The Kier molecular flexibility index (Phi) is 6.03. The van der Waals surface area contributed by atoms with Gasteiger partial charge in [-0.15, -0.1) is 0 Å². The number of fused-ring (bicyclic) bond motifs is 1. The van der Waals surface area contributed by atoms with Crippen molar-refractivity contribution < 1.29 is 22.7 Å². The van der Waals surface area contributed by atoms with E-state index in [1.807, 2.05) is 11.8 Å². The minimum atomic E-state index is -3.00. The van der Waals surface area contributed by atoms with E-state index in [9.17, 15) is 18.0 Å². The van der Waals surface area contributed by atoms with Crippen LogP contribution in [0.4, 0.5) is 4.79 Å². The largest absolute Gasteiger partial charge is 0.444 e. The molecular weight excluding hydrogens is 366 g/mol. The molecule has 0 bridgehead atoms. The Morgan fingerprint density at radius 3 is 2.64 bits per heavy atom. The number of nitrogens with zero attached hydrogens (tertiary/aromatic N) is 2. The number of thioether (sulfide) groups is 1. The maximum absolute atomic E-state index is 12.0. The van der Waals surface area contributed by atoms with Gasteiger partial charge in [-0.25, -0.2) is 13.2 Å². The molecule has 25 heavy (non-hydrogen) atoms. The van der Waals surface area contributed by atoms with Crippen LogP contribution in [-0.2, 0) is 19.4 Å². The maximum atomic E-state index is 12.0. The minimum Gasteiger partial charge on any atom is -0.444 e. The second-order valence-electron chi connectivity index (χ2n) is 7.05. The third-order valence-electron chi connectivity index (χ3n) is 3.74. The zero-order chi connectivity index (χ0) is 18.8. The molecule has 0 aromatic rings. The Morgan fingerprint density at radius 2 is 2.04 bits per heavy atom. The van der Waals surface area contributed by atoms with E-state index < -0.39 is 21.5 Å². The summed E-state index contributed by atoms with van der Waals surface area (Å²) in [5.41, 5.74) is -0.589. The number of amidine groups is 1. The van der Waals surface area contributed by atoms with Crippen LogP contribution in [0.1, 0.15) is 34.1 Å². The first-order valence-corrected chi connectivity index (χ1v) is 10.9. The molecule has 0 spiro atoms. The van der Waals surface area contributed by atoms with E-state index in [-0.39, 0.29) is 41.7 Å². The summed E-state index contributed by atoms with van der Waals surface area (Å²) < 4.78 is 28.6. The molecule has 0 aliphatic carbocycles. The Labute approximate surface area is 152 Å². The van der Waals surface area contributed by atoms with Gasteiger partial charge in [-0.2, -0.15) is 4.99 Å². The zero-order valence-corrected chi connectivity index (χ0v) is 16.6. The van der Waals surface area contributed by atoms with E-state index in [0.29, 0.717) is 11.7 Å². The van der Waals surface area contributed by atoms with Crippen molar-refractivity contribution in [3.63, 3.8) is 0 Å². The summed E-state index contributed by atoms with van der Waals surface area (Å²) in [7, 11) is -3.00. The lowest BCUT2D eigenvalue weighted by atomic mass is 10.2. The number of carbonyl (C=O) groups excluding carboxylic acids is 2. The fourth-order valence-electron chi connectivity index (χ4n) is 2.75. The van der Waals surface area contributed by atoms with Gasteiger partial charge < -0.3 is 15.0 Å². The summed E-state index contributed by atoms with van der Waals surface area (Å²) in [6, 6.07) is -0.105. The summed E-state index contributed by atoms with van der Waals surface area (Å²) in [6.45, 7) is 7.94. The molecular formula is C15H25N3O5S2. The van der Waals surface area contributed by atoms with Gasteiger partial charge in [0.1, 0.15) is 5.60 Å². The highest BCUT2D eigenvalue weighted by molar-refractivity contribution is 8.15. The van der Waals surface area contributed by atoms with Crippen LogP contribution in [0.3, 0.4) is 0 Å². The van der Waals surface area contributed by atoms with Gasteiger partial charge in [0, 0.05) is 24.8 Å². The standard InChI is InChI=1S/C15H25N3O5S2/c1-5-18-10-8-25(21,22)9-11(10)24-13(18)17-12(19)6-7-16-14(20)23-15(2,3)4/h10-11H,5-9H2,1-4H3,(H,16,20)/t10-,11+/m0/s1. The van der Waals surface area contributed by atoms with Crippen molar-refractivity contribution in [2.45, 2.75) is 51.0 Å². The normalized spacial score (nSPS) is 26.6. The van der Waals surface area contributed by atoms with E-state index >= 15 is 0 Å². The van der Waals surface area contributed by atoms with Crippen LogP contribution in [-0.4, -0.2) is 72.0 Å². The van der Waals surface area contributed by atoms with Crippen LogP contribution in [0.2, 0.25) is 0 Å². The summed E-state index contributed by atoms with van der Waals surface area (Å²) in [5, 5.41) is 3.04. The molecule has 2 rings (SSSR count). The topological polar surface area (TPSA) is 105 Å². The molecule has 2 aliphatic heterocycles. The monoisotopic (exact) mass is 391 g/mol. The fourth-order valence-corrected chi connectivity index (χ4v) is 6.79. The van der Waals surface area contributed by atoms with Crippen LogP contribution in [0.25, 0.3) is 0 Å². The molecule has 2 heterocycles. The van der Waals surface area contributed by atoms with Crippen LogP contribution in [0.15, 0.2) is 4.99 Å². The molecule has 0 saturated carbocycles. The van der Waals surface area contributed by atoms with Crippen LogP contribution < -0.4 is 5.32 Å². The number of hydrogen-bond donors (Lipinski definition) is 1. The van der Waals surface area contributed by atoms with Crippen molar-refractivity contribution in [2.24, 2.45) is 4.99 Å². The minimum absolute atomic E-state index is 0.0589. The molecule has 0 radical (unpaired) electrons. The Morgan fingerprint density at radius 1 is 1.36 bits per heavy atom. The van der Waals surface area contributed by atoms with E-state index in [4.69, 9.17) is 4.74 Å². The fraction of sp³-hybridized carbons (Fsp3) is 0.800. The number of hydrogen-bond acceptors (Lipinski definition) is 6. The Hall–Kier alpha value is -1.29. The van der Waals surface area contributed by atoms with E-state index in [1.54, 1.807) is 20.8 Å². The molecule has 0 aromatic heterocycles. The predicted molar refractivity (Wildman–Crippen MR) is 97.5 cm³/mol. The second-order valence-corrected chi connectivity index (χ2v) is 10.4. The molecule has 1 N–H and O–H groups in total. The van der Waals surface area contributed by atoms with Crippen LogP contribution in [0, 0.1) is 0 Å². The van der Waals surface area contributed by atoms with E-state index in [0.717, 1.165) is 0 Å². The maximum Gasteiger partial charge on any atom is 0.407 e. The first kappa shape index (κ1) is 20.0. The molecule has 0 aromatic carbocycles. The number of amides is 2. The van der Waals surface area contributed by atoms with Crippen molar-refractivity contribution >= 4 is 38.8 Å². The number of rotatable bonds is 4. The third kappa shape index (κ3) is 5.60. The number of ether oxygens (including phenoxy) is 1. The van der Waals surface area contributed by atoms with Crippen molar-refractivity contribution in [1.82, 2.24) is 10.2 Å². The summed E-state index contributed by atoms with van der Waals surface area (Å²) in [6.07, 6.45) is -0.507. The van der Waals surface area contributed by atoms with Gasteiger partial charge >= 0.3 is 6.09 Å². The number of alkyl carbamates (subject to hydrolysis) is 1. The Bertz CT molecular complexity index is 669. The lowest BCUT2D eigenvalue weighted by Gasteiger charge is -2.22. The molecule has 10 heteroatoms. The summed E-state index contributed by atoms with van der Waals surface area (Å²) in [5.74, 6) is -0.0992. The molecule has 8 nitrogen and oxygen atoms in total. The van der Waals surface area contributed by atoms with Gasteiger partial charge in [-0.05, 0) is 27.7 Å². The Balaban J connectivity index is 1.86. The lowest BCUT2D eigenvalue weighted by molar-refractivity contribution is -0.117. The number of carbonyl (C=O) groups is 2. The molecule has 0 unspecified atom stereocenters. The highest BCUT2D eigenvalue weighted by Crippen LogP contribution is 2.37. The van der Waals surface area contributed by atoms with Crippen molar-refractivity contribution in [2.75, 3.05) is 24.6 Å². The van der Waals surface area contributed by atoms with E-state index in [2.05, 4.69) is 10.3 Å². The van der Waals surface area contributed by atoms with Gasteiger partial charge in [0.15, 0.2) is 15.0 Å². The molecule has 2 saturated heterocycles. The highest BCUT2D eigenvalue weighted by Gasteiger charge is 2.48. The van der Waals surface area contributed by atoms with Gasteiger partial charge in [0.05, 0.1) is 17.5 Å². The molecule has 142 valence electrons. The summed E-state index contributed by atoms with van der Waals surface area (Å²) >= 11 is 1.36. The highest BCUT2D eigenvalue weighted by atomic mass is 32.2. The van der Waals surface area contributed by atoms with Crippen molar-refractivity contribution in [1.29, 1.82) is 0 Å². The van der Waals surface area contributed by atoms with Gasteiger partial charge in [-0.3, -0.25) is 4.79 Å². The van der Waals surface area contributed by atoms with Crippen LogP contribution in [0.5, 0.6) is 0 Å². The predicted octanol–water partition coefficient (Wildman–Crippen LogP) is 1.02. The number of aliphatic imine (C=N–C) groups is 1. The molecule has 2 aliphatic rings. The molecule has 2 atom stereocenters. The van der Waals surface area contributed by atoms with Crippen molar-refractivity contribution in [3.8, 4) is 0 Å². The molecule has 2 fully saturated rings. The first-order valence-electron chi connectivity index (χ1n) is 8.23. The third-order valence-corrected chi connectivity index (χ3v) is 6.99. The average Bonchev–Trinajstić information content (AvgIpc) is 2.87. The second kappa shape index (κ2) is 7.53. The van der Waals surface area contributed by atoms with E-state index in [1.165, 1.54) is 11.8 Å². The quantitative estimate of drug-likeness (QED) is 0.763. The van der Waals surface area contributed by atoms with Crippen molar-refractivity contribution in [3.05, 3.63) is 0 Å². The zero-order valence-electron chi connectivity index (χ0n) is 14.9. The molecule has 2 amide bonds. The lowest BCUT2D eigenvalue weighted by Crippen LogP contribution is -2.37. The number of sulfone groups is 1. The number of nitrogens with one attached hydrogen (secondary N) is 1. The van der Waals surface area contributed by atoms with Gasteiger partial charge in [-0.1, -0.05) is 11.8 Å². The SMILES string of the molecule is CCN1C(=NC(=O)CCNC(=O)OC(C)(C)C)S[C@@H]2CS(=O)(=O)C[C@@H]21. The average molecular weight is 392 g/mol. The smallest absolute Gasteiger partial charge is 0.407 e. The van der Waals surface area contributed by atoms with Gasteiger partial charge in [0.25, 0.3) is 0 Å². The van der Waals surface area contributed by atoms with Crippen LogP contribution >= 0.6 is 11.8 Å². The summed E-state index contributed by atoms with van der Waals surface area (Å²) in [4.78, 5) is 29.6. The van der Waals surface area contributed by atoms with Gasteiger partial charge in [0.2, 0.25) is 5.91 Å².